The summed E-state index contributed by atoms with van der Waals surface area (Å²) < 4.78 is 11.3. The number of hydrogen-bond acceptors (Lipinski definition) is 4. The summed E-state index contributed by atoms with van der Waals surface area (Å²) in [6.45, 7) is 8.14. The molecule has 2 N–H and O–H groups in total. The summed E-state index contributed by atoms with van der Waals surface area (Å²) in [5.41, 5.74) is 1.50. The lowest BCUT2D eigenvalue weighted by atomic mass is 10.2. The van der Waals surface area contributed by atoms with Crippen molar-refractivity contribution < 1.29 is 19.1 Å². The van der Waals surface area contributed by atoms with Gasteiger partial charge in [-0.2, -0.15) is 0 Å². The van der Waals surface area contributed by atoms with E-state index in [0.29, 0.717) is 54.5 Å². The van der Waals surface area contributed by atoms with E-state index in [0.717, 1.165) is 0 Å². The van der Waals surface area contributed by atoms with Gasteiger partial charge < -0.3 is 20.1 Å². The highest BCUT2D eigenvalue weighted by atomic mass is 16.5. The Morgan fingerprint density at radius 1 is 0.964 bits per heavy atom. The van der Waals surface area contributed by atoms with Crippen LogP contribution in [0.25, 0.3) is 0 Å². The van der Waals surface area contributed by atoms with Gasteiger partial charge in [-0.3, -0.25) is 9.59 Å². The van der Waals surface area contributed by atoms with Crippen molar-refractivity contribution >= 4 is 23.2 Å². The second-order valence-corrected chi connectivity index (χ2v) is 5.91. The van der Waals surface area contributed by atoms with Gasteiger partial charge in [0.25, 0.3) is 5.91 Å². The normalized spacial score (nSPS) is 10.1. The molecule has 148 valence electrons. The summed E-state index contributed by atoms with van der Waals surface area (Å²) in [6.07, 6.45) is 2.60. The molecule has 2 aromatic rings. The predicted octanol–water partition coefficient (Wildman–Crippen LogP) is 4.64. The summed E-state index contributed by atoms with van der Waals surface area (Å²) in [4.78, 5) is 24.7. The number of ether oxygens (including phenoxy) is 2. The largest absolute Gasteiger partial charge is 0.492 e. The van der Waals surface area contributed by atoms with Crippen LogP contribution in [0, 0.1) is 0 Å². The highest BCUT2D eigenvalue weighted by Crippen LogP contribution is 2.37. The molecule has 0 radical (unpaired) electrons. The summed E-state index contributed by atoms with van der Waals surface area (Å²) in [5, 5.41) is 5.69. The first-order valence-electron chi connectivity index (χ1n) is 9.29. The van der Waals surface area contributed by atoms with Crippen molar-refractivity contribution in [3.05, 3.63) is 60.7 Å². The van der Waals surface area contributed by atoms with E-state index in [-0.39, 0.29) is 11.8 Å². The predicted molar refractivity (Wildman–Crippen MR) is 111 cm³/mol. The molecule has 0 aliphatic heterocycles. The minimum atomic E-state index is -0.258. The minimum absolute atomic E-state index is 0.149. The first-order chi connectivity index (χ1) is 13.6. The number of allylic oxidation sites excluding steroid dienone is 1. The summed E-state index contributed by atoms with van der Waals surface area (Å²) in [7, 11) is 0. The van der Waals surface area contributed by atoms with E-state index in [4.69, 9.17) is 9.47 Å². The SMILES string of the molecule is C=CCCC(=O)Nc1cc(OCC)c(NC(=O)c2ccccc2)cc1OCC. The lowest BCUT2D eigenvalue weighted by Gasteiger charge is -2.18. The van der Waals surface area contributed by atoms with Crippen LogP contribution in [0.1, 0.15) is 37.0 Å². The number of hydrogen-bond donors (Lipinski definition) is 2. The number of rotatable bonds is 10. The Labute approximate surface area is 165 Å². The van der Waals surface area contributed by atoms with Crippen molar-refractivity contribution in [3.63, 3.8) is 0 Å². The third-order valence-corrected chi connectivity index (χ3v) is 3.82. The molecular formula is C22H26N2O4. The van der Waals surface area contributed by atoms with Crippen molar-refractivity contribution in [2.24, 2.45) is 0 Å². The monoisotopic (exact) mass is 382 g/mol. The van der Waals surface area contributed by atoms with Crippen LogP contribution in [0.2, 0.25) is 0 Å². The molecule has 0 aliphatic carbocycles. The first-order valence-corrected chi connectivity index (χ1v) is 9.29. The van der Waals surface area contributed by atoms with Crippen molar-refractivity contribution in [3.8, 4) is 11.5 Å². The van der Waals surface area contributed by atoms with Crippen LogP contribution in [-0.4, -0.2) is 25.0 Å². The van der Waals surface area contributed by atoms with Crippen molar-refractivity contribution in [1.82, 2.24) is 0 Å². The van der Waals surface area contributed by atoms with Crippen molar-refractivity contribution in [2.45, 2.75) is 26.7 Å². The molecular weight excluding hydrogens is 356 g/mol. The molecule has 2 amide bonds. The summed E-state index contributed by atoms with van der Waals surface area (Å²) in [5.74, 6) is 0.506. The number of carbonyl (C=O) groups excluding carboxylic acids is 2. The average Bonchev–Trinajstić information content (AvgIpc) is 2.70. The molecule has 0 aliphatic rings. The Bertz CT molecular complexity index is 819. The van der Waals surface area contributed by atoms with E-state index in [1.54, 1.807) is 42.5 Å². The van der Waals surface area contributed by atoms with Gasteiger partial charge in [0.2, 0.25) is 5.91 Å². The molecule has 2 aromatic carbocycles. The number of anilines is 2. The molecule has 0 saturated carbocycles. The summed E-state index contributed by atoms with van der Waals surface area (Å²) >= 11 is 0. The molecule has 28 heavy (non-hydrogen) atoms. The quantitative estimate of drug-likeness (QED) is 0.587. The summed E-state index contributed by atoms with van der Waals surface area (Å²) in [6, 6.07) is 12.2. The third-order valence-electron chi connectivity index (χ3n) is 3.82. The van der Waals surface area contributed by atoms with Gasteiger partial charge in [0.1, 0.15) is 11.5 Å². The van der Waals surface area contributed by atoms with E-state index in [9.17, 15) is 9.59 Å². The molecule has 0 unspecified atom stereocenters. The second-order valence-electron chi connectivity index (χ2n) is 5.91. The fourth-order valence-corrected chi connectivity index (χ4v) is 2.54. The average molecular weight is 382 g/mol. The van der Waals surface area contributed by atoms with Crippen LogP contribution in [-0.2, 0) is 4.79 Å². The first kappa shape index (κ1) is 21.0. The molecule has 2 rings (SSSR count). The molecule has 0 aromatic heterocycles. The Balaban J connectivity index is 2.33. The molecule has 0 saturated heterocycles. The van der Waals surface area contributed by atoms with Gasteiger partial charge in [-0.15, -0.1) is 6.58 Å². The van der Waals surface area contributed by atoms with E-state index >= 15 is 0 Å². The van der Waals surface area contributed by atoms with E-state index in [1.807, 2.05) is 19.9 Å². The van der Waals surface area contributed by atoms with Crippen molar-refractivity contribution in [2.75, 3.05) is 23.8 Å². The molecule has 0 fully saturated rings. The molecule has 0 bridgehead atoms. The standard InChI is InChI=1S/C22H26N2O4/c1-4-7-13-21(25)23-17-14-20(28-6-3)18(15-19(17)27-5-2)24-22(26)16-11-9-8-10-12-16/h4,8-12,14-15H,1,5-7,13H2,2-3H3,(H,23,25)(H,24,26). The van der Waals surface area contributed by atoms with Crippen LogP contribution < -0.4 is 20.1 Å². The van der Waals surface area contributed by atoms with E-state index in [2.05, 4.69) is 17.2 Å². The molecule has 6 nitrogen and oxygen atoms in total. The second kappa shape index (κ2) is 10.8. The third kappa shape index (κ3) is 5.87. The van der Waals surface area contributed by atoms with Gasteiger partial charge in [-0.05, 0) is 32.4 Å². The van der Waals surface area contributed by atoms with E-state index in [1.165, 1.54) is 0 Å². The van der Waals surface area contributed by atoms with Crippen molar-refractivity contribution in [1.29, 1.82) is 0 Å². The minimum Gasteiger partial charge on any atom is -0.492 e. The maximum Gasteiger partial charge on any atom is 0.255 e. The van der Waals surface area contributed by atoms with Crippen LogP contribution >= 0.6 is 0 Å². The highest BCUT2D eigenvalue weighted by Gasteiger charge is 2.16. The Kier molecular flexibility index (Phi) is 8.09. The Morgan fingerprint density at radius 3 is 2.07 bits per heavy atom. The lowest BCUT2D eigenvalue weighted by Crippen LogP contribution is -2.15. The van der Waals surface area contributed by atoms with Gasteiger partial charge >= 0.3 is 0 Å². The molecule has 6 heteroatoms. The fourth-order valence-electron chi connectivity index (χ4n) is 2.54. The number of carbonyl (C=O) groups is 2. The van der Waals surface area contributed by atoms with Crippen LogP contribution in [0.15, 0.2) is 55.1 Å². The lowest BCUT2D eigenvalue weighted by molar-refractivity contribution is -0.116. The smallest absolute Gasteiger partial charge is 0.255 e. The van der Waals surface area contributed by atoms with Gasteiger partial charge in [-0.25, -0.2) is 0 Å². The zero-order valence-corrected chi connectivity index (χ0v) is 16.3. The molecule has 0 atom stereocenters. The van der Waals surface area contributed by atoms with Gasteiger partial charge in [0, 0.05) is 24.1 Å². The van der Waals surface area contributed by atoms with Crippen LogP contribution in [0.5, 0.6) is 11.5 Å². The Morgan fingerprint density at radius 2 is 1.54 bits per heavy atom. The molecule has 0 heterocycles. The maximum atomic E-state index is 12.5. The number of nitrogens with one attached hydrogen (secondary N) is 2. The maximum absolute atomic E-state index is 12.5. The Hall–Kier alpha value is -3.28. The number of amides is 2. The topological polar surface area (TPSA) is 76.7 Å². The van der Waals surface area contributed by atoms with Crippen LogP contribution in [0.3, 0.4) is 0 Å². The zero-order chi connectivity index (χ0) is 20.4. The fraction of sp³-hybridized carbons (Fsp3) is 0.273. The number of benzene rings is 2. The van der Waals surface area contributed by atoms with Crippen LogP contribution in [0.4, 0.5) is 11.4 Å². The highest BCUT2D eigenvalue weighted by molar-refractivity contribution is 6.05. The van der Waals surface area contributed by atoms with Gasteiger partial charge in [-0.1, -0.05) is 24.3 Å². The zero-order valence-electron chi connectivity index (χ0n) is 16.3. The van der Waals surface area contributed by atoms with Gasteiger partial charge in [0.15, 0.2) is 0 Å². The van der Waals surface area contributed by atoms with E-state index < -0.39 is 0 Å². The van der Waals surface area contributed by atoms with Gasteiger partial charge in [0.05, 0.1) is 24.6 Å². The molecule has 0 spiro atoms.